The second-order valence-corrected chi connectivity index (χ2v) is 6.01. The van der Waals surface area contributed by atoms with Crippen LogP contribution in [-0.4, -0.2) is 22.1 Å². The molecule has 1 amide bonds. The number of imidazole rings is 1. The molecule has 0 saturated heterocycles. The summed E-state index contributed by atoms with van der Waals surface area (Å²) in [4.78, 5) is 19.6. The van der Waals surface area contributed by atoms with Gasteiger partial charge in [-0.05, 0) is 36.8 Å². The Hall–Kier alpha value is -2.17. The summed E-state index contributed by atoms with van der Waals surface area (Å²) in [5.74, 6) is 2.14. The van der Waals surface area contributed by atoms with Crippen LogP contribution in [0.1, 0.15) is 31.5 Å². The molecule has 2 saturated carbocycles. The number of nitrogens with one attached hydrogen (secondary N) is 2. The minimum Gasteiger partial charge on any atom is -0.337 e. The Kier molecular flexibility index (Phi) is 2.98. The highest BCUT2D eigenvalue weighted by Gasteiger charge is 2.54. The minimum absolute atomic E-state index is 0.0688. The van der Waals surface area contributed by atoms with Crippen LogP contribution in [0.25, 0.3) is 11.0 Å². The van der Waals surface area contributed by atoms with Crippen molar-refractivity contribution in [2.24, 2.45) is 22.9 Å². The number of aromatic nitrogens is 2. The van der Waals surface area contributed by atoms with Gasteiger partial charge in [0, 0.05) is 5.92 Å². The maximum Gasteiger partial charge on any atom is 0.243 e. The number of rotatable bonds is 3. The predicted molar refractivity (Wildman–Crippen MR) is 80.8 cm³/mol. The number of carbonyl (C=O) groups is 1. The number of amides is 1. The van der Waals surface area contributed by atoms with E-state index in [0.29, 0.717) is 17.7 Å². The van der Waals surface area contributed by atoms with E-state index in [-0.39, 0.29) is 11.8 Å². The molecule has 4 rings (SSSR count). The van der Waals surface area contributed by atoms with E-state index < -0.39 is 0 Å². The quantitative estimate of drug-likeness (QED) is 0.670. The van der Waals surface area contributed by atoms with Crippen LogP contribution >= 0.6 is 0 Å². The van der Waals surface area contributed by atoms with Gasteiger partial charge in [0.25, 0.3) is 0 Å². The lowest BCUT2D eigenvalue weighted by Gasteiger charge is -2.04. The van der Waals surface area contributed by atoms with Crippen molar-refractivity contribution in [2.75, 3.05) is 0 Å². The minimum atomic E-state index is 0.0688. The lowest BCUT2D eigenvalue weighted by molar-refractivity contribution is -0.122. The van der Waals surface area contributed by atoms with Gasteiger partial charge in [-0.15, -0.1) is 0 Å². The Bertz CT molecular complexity index is 660. The molecule has 5 nitrogen and oxygen atoms in total. The second kappa shape index (κ2) is 4.98. The van der Waals surface area contributed by atoms with Crippen LogP contribution in [0.3, 0.4) is 0 Å². The lowest BCUT2D eigenvalue weighted by Crippen LogP contribution is -2.20. The number of H-pyrrole nitrogens is 1. The number of hydrazone groups is 1. The van der Waals surface area contributed by atoms with Crippen molar-refractivity contribution in [1.29, 1.82) is 0 Å². The number of nitrogens with zero attached hydrogens (tertiary/aromatic N) is 2. The molecular weight excluding hydrogens is 264 g/mol. The monoisotopic (exact) mass is 282 g/mol. The van der Waals surface area contributed by atoms with Crippen LogP contribution in [0.4, 0.5) is 0 Å². The molecule has 0 spiro atoms. The molecule has 5 heteroatoms. The molecule has 0 aliphatic heterocycles. The van der Waals surface area contributed by atoms with E-state index in [1.165, 1.54) is 25.7 Å². The first-order valence-corrected chi connectivity index (χ1v) is 7.60. The number of carbonyl (C=O) groups excluding carboxylic acids is 1. The van der Waals surface area contributed by atoms with Gasteiger partial charge in [0.15, 0.2) is 5.82 Å². The van der Waals surface area contributed by atoms with Crippen molar-refractivity contribution >= 4 is 23.2 Å². The fourth-order valence-corrected chi connectivity index (χ4v) is 3.65. The molecular formula is C16H18N4O. The van der Waals surface area contributed by atoms with Gasteiger partial charge in [-0.3, -0.25) is 4.79 Å². The van der Waals surface area contributed by atoms with E-state index in [0.717, 1.165) is 11.0 Å². The molecule has 21 heavy (non-hydrogen) atoms. The number of hydrogen-bond acceptors (Lipinski definition) is 3. The summed E-state index contributed by atoms with van der Waals surface area (Å²) >= 11 is 0. The first-order valence-electron chi connectivity index (χ1n) is 7.60. The van der Waals surface area contributed by atoms with Gasteiger partial charge in [0.2, 0.25) is 5.91 Å². The van der Waals surface area contributed by atoms with Gasteiger partial charge >= 0.3 is 0 Å². The summed E-state index contributed by atoms with van der Waals surface area (Å²) in [6, 6.07) is 7.81. The van der Waals surface area contributed by atoms with E-state index in [1.807, 2.05) is 24.3 Å². The highest BCUT2D eigenvalue weighted by molar-refractivity contribution is 5.86. The zero-order chi connectivity index (χ0) is 14.2. The molecule has 1 heterocycles. The fraction of sp³-hybridized carbons (Fsp3) is 0.438. The predicted octanol–water partition coefficient (Wildman–Crippen LogP) is 2.45. The van der Waals surface area contributed by atoms with Gasteiger partial charge in [-0.2, -0.15) is 5.10 Å². The summed E-state index contributed by atoms with van der Waals surface area (Å²) in [6.07, 6.45) is 6.52. The third-order valence-electron chi connectivity index (χ3n) is 4.73. The Balaban J connectivity index is 1.38. The number of benzene rings is 1. The fourth-order valence-electron chi connectivity index (χ4n) is 3.65. The normalized spacial score (nSPS) is 27.7. The van der Waals surface area contributed by atoms with Crippen LogP contribution in [-0.2, 0) is 4.79 Å². The van der Waals surface area contributed by atoms with Gasteiger partial charge in [0.1, 0.15) is 0 Å². The third kappa shape index (κ3) is 2.33. The smallest absolute Gasteiger partial charge is 0.243 e. The summed E-state index contributed by atoms with van der Waals surface area (Å²) < 4.78 is 0. The third-order valence-corrected chi connectivity index (χ3v) is 4.73. The van der Waals surface area contributed by atoms with Crippen LogP contribution in [0.5, 0.6) is 0 Å². The molecule has 2 aliphatic carbocycles. The SMILES string of the molecule is O=C(N/N=C/c1nc2ccccc2[nH]1)C1C2CCCCC21. The van der Waals surface area contributed by atoms with E-state index >= 15 is 0 Å². The molecule has 0 radical (unpaired) electrons. The Morgan fingerprint density at radius 2 is 2.05 bits per heavy atom. The standard InChI is InChI=1S/C16H18N4O/c21-16(15-10-5-1-2-6-11(10)15)20-17-9-14-18-12-7-3-4-8-13(12)19-14/h3-4,7-11,15H,1-2,5-6H2,(H,18,19)(H,20,21)/b17-9+. The van der Waals surface area contributed by atoms with Crippen molar-refractivity contribution in [3.8, 4) is 0 Å². The average molecular weight is 282 g/mol. The molecule has 2 unspecified atom stereocenters. The number of hydrogen-bond donors (Lipinski definition) is 2. The van der Waals surface area contributed by atoms with Crippen LogP contribution < -0.4 is 5.43 Å². The van der Waals surface area contributed by atoms with Crippen molar-refractivity contribution < 1.29 is 4.79 Å². The van der Waals surface area contributed by atoms with Crippen LogP contribution in [0.15, 0.2) is 29.4 Å². The van der Waals surface area contributed by atoms with Gasteiger partial charge in [-0.25, -0.2) is 10.4 Å². The number of fused-ring (bicyclic) bond motifs is 2. The topological polar surface area (TPSA) is 70.1 Å². The van der Waals surface area contributed by atoms with E-state index in [4.69, 9.17) is 0 Å². The van der Waals surface area contributed by atoms with Gasteiger partial charge in [-0.1, -0.05) is 25.0 Å². The molecule has 0 bridgehead atoms. The Morgan fingerprint density at radius 1 is 1.29 bits per heavy atom. The summed E-state index contributed by atoms with van der Waals surface area (Å²) in [7, 11) is 0. The van der Waals surface area contributed by atoms with Crippen molar-refractivity contribution in [3.05, 3.63) is 30.1 Å². The van der Waals surface area contributed by atoms with E-state index in [9.17, 15) is 4.79 Å². The molecule has 2 aliphatic rings. The van der Waals surface area contributed by atoms with Crippen LogP contribution in [0, 0.1) is 17.8 Å². The molecule has 2 atom stereocenters. The van der Waals surface area contributed by atoms with E-state index in [2.05, 4.69) is 20.5 Å². The van der Waals surface area contributed by atoms with Crippen molar-refractivity contribution in [2.45, 2.75) is 25.7 Å². The van der Waals surface area contributed by atoms with Crippen molar-refractivity contribution in [3.63, 3.8) is 0 Å². The zero-order valence-corrected chi connectivity index (χ0v) is 11.7. The summed E-state index contributed by atoms with van der Waals surface area (Å²) in [5.41, 5.74) is 4.54. The highest BCUT2D eigenvalue weighted by atomic mass is 16.2. The first kappa shape index (κ1) is 12.6. The lowest BCUT2D eigenvalue weighted by atomic mass is 10.0. The first-order chi connectivity index (χ1) is 10.3. The molecule has 1 aromatic heterocycles. The summed E-state index contributed by atoms with van der Waals surface area (Å²) in [6.45, 7) is 0. The van der Waals surface area contributed by atoms with Crippen molar-refractivity contribution in [1.82, 2.24) is 15.4 Å². The Labute approximate surface area is 122 Å². The van der Waals surface area contributed by atoms with Gasteiger partial charge in [0.05, 0.1) is 17.2 Å². The maximum atomic E-state index is 12.1. The Morgan fingerprint density at radius 3 is 2.81 bits per heavy atom. The summed E-state index contributed by atoms with van der Waals surface area (Å²) in [5, 5.41) is 4.04. The highest BCUT2D eigenvalue weighted by Crippen LogP contribution is 2.55. The zero-order valence-electron chi connectivity index (χ0n) is 11.7. The maximum absolute atomic E-state index is 12.1. The second-order valence-electron chi connectivity index (χ2n) is 6.01. The molecule has 2 fully saturated rings. The number of aromatic amines is 1. The van der Waals surface area contributed by atoms with E-state index in [1.54, 1.807) is 6.21 Å². The largest absolute Gasteiger partial charge is 0.337 e. The molecule has 2 aromatic rings. The molecule has 108 valence electrons. The number of para-hydroxylation sites is 2. The van der Waals surface area contributed by atoms with Crippen LogP contribution in [0.2, 0.25) is 0 Å². The van der Waals surface area contributed by atoms with Gasteiger partial charge < -0.3 is 4.98 Å². The average Bonchev–Trinajstić information content (AvgIpc) is 3.09. The molecule has 1 aromatic carbocycles. The molecule has 2 N–H and O–H groups in total.